The molecule has 3 aliphatic rings. The summed E-state index contributed by atoms with van der Waals surface area (Å²) >= 11 is 0. The minimum Gasteiger partial charge on any atom is -0.493 e. The number of nitrogens with zero attached hydrogens (tertiary/aromatic N) is 2. The molecule has 1 aromatic rings. The molecule has 0 radical (unpaired) electrons. The Balaban J connectivity index is 1.76. The third-order valence-electron chi connectivity index (χ3n) is 5.94. The van der Waals surface area contributed by atoms with Gasteiger partial charge in [0.25, 0.3) is 0 Å². The van der Waals surface area contributed by atoms with Gasteiger partial charge in [-0.1, -0.05) is 6.92 Å². The van der Waals surface area contributed by atoms with Crippen LogP contribution in [0.25, 0.3) is 0 Å². The number of nitrogens with two attached hydrogens (primary N) is 1. The summed E-state index contributed by atoms with van der Waals surface area (Å²) in [4.78, 5) is 18.9. The normalized spacial score (nSPS) is 30.7. The molecule has 2 aliphatic heterocycles. The number of guanidine groups is 1. The highest BCUT2D eigenvalue weighted by atomic mass is 19.1. The van der Waals surface area contributed by atoms with Gasteiger partial charge in [-0.3, -0.25) is 9.69 Å². The Hall–Kier alpha value is -2.15. The number of carbonyl (C=O) groups excluding carboxylic acids is 1. The molecule has 0 aromatic heterocycles. The first-order valence-corrected chi connectivity index (χ1v) is 9.62. The predicted molar refractivity (Wildman–Crippen MR) is 98.8 cm³/mol. The van der Waals surface area contributed by atoms with Gasteiger partial charge in [0.05, 0.1) is 25.2 Å². The molecule has 1 saturated heterocycles. The van der Waals surface area contributed by atoms with E-state index in [-0.39, 0.29) is 24.6 Å². The van der Waals surface area contributed by atoms with Gasteiger partial charge < -0.3 is 15.2 Å². The lowest BCUT2D eigenvalue weighted by Gasteiger charge is -2.47. The number of fused-ring (bicyclic) bond motifs is 1. The van der Waals surface area contributed by atoms with Gasteiger partial charge in [-0.25, -0.2) is 9.38 Å². The van der Waals surface area contributed by atoms with E-state index in [1.807, 2.05) is 6.92 Å². The summed E-state index contributed by atoms with van der Waals surface area (Å²) in [7, 11) is 1.60. The molecule has 2 heterocycles. The molecule has 6 nitrogen and oxygen atoms in total. The second kappa shape index (κ2) is 6.78. The zero-order valence-corrected chi connectivity index (χ0v) is 15.8. The van der Waals surface area contributed by atoms with Crippen LogP contribution in [0, 0.1) is 17.7 Å². The second-order valence-corrected chi connectivity index (χ2v) is 7.82. The molecule has 27 heavy (non-hydrogen) atoms. The van der Waals surface area contributed by atoms with Gasteiger partial charge >= 0.3 is 0 Å². The topological polar surface area (TPSA) is 77.2 Å². The Morgan fingerprint density at radius 1 is 1.44 bits per heavy atom. The molecule has 0 unspecified atom stereocenters. The van der Waals surface area contributed by atoms with E-state index in [9.17, 15) is 9.18 Å². The van der Waals surface area contributed by atoms with E-state index < -0.39 is 17.3 Å². The highest BCUT2D eigenvalue weighted by molar-refractivity contribution is 6.00. The third-order valence-corrected chi connectivity index (χ3v) is 5.94. The number of aliphatic imine (C=N–C) groups is 1. The average molecular weight is 375 g/mol. The van der Waals surface area contributed by atoms with E-state index in [2.05, 4.69) is 4.99 Å². The Kier molecular flexibility index (Phi) is 4.58. The van der Waals surface area contributed by atoms with Crippen LogP contribution in [0.2, 0.25) is 0 Å². The summed E-state index contributed by atoms with van der Waals surface area (Å²) in [5, 5.41) is 0. The number of rotatable bonds is 5. The van der Waals surface area contributed by atoms with Crippen LogP contribution in [0.3, 0.4) is 0 Å². The van der Waals surface area contributed by atoms with Gasteiger partial charge in [-0.2, -0.15) is 0 Å². The maximum atomic E-state index is 14.9. The summed E-state index contributed by atoms with van der Waals surface area (Å²) in [5.41, 5.74) is 5.17. The molecular formula is C20H26FN3O3. The van der Waals surface area contributed by atoms with Crippen LogP contribution in [-0.4, -0.2) is 43.1 Å². The van der Waals surface area contributed by atoms with E-state index in [4.69, 9.17) is 15.2 Å². The first kappa shape index (κ1) is 18.2. The van der Waals surface area contributed by atoms with Crippen molar-refractivity contribution < 1.29 is 18.7 Å². The highest BCUT2D eigenvalue weighted by Gasteiger charge is 2.54. The number of benzene rings is 1. The molecule has 0 spiro atoms. The zero-order valence-electron chi connectivity index (χ0n) is 15.8. The van der Waals surface area contributed by atoms with Crippen molar-refractivity contribution in [1.29, 1.82) is 0 Å². The van der Waals surface area contributed by atoms with E-state index in [1.165, 1.54) is 23.8 Å². The van der Waals surface area contributed by atoms with Crippen molar-refractivity contribution in [1.82, 2.24) is 4.90 Å². The lowest BCUT2D eigenvalue weighted by molar-refractivity contribution is -0.145. The summed E-state index contributed by atoms with van der Waals surface area (Å²) in [6, 6.07) is 4.66. The molecule has 2 N–H and O–H groups in total. The molecule has 2 fully saturated rings. The lowest BCUT2D eigenvalue weighted by Crippen LogP contribution is -2.59. The molecule has 4 rings (SSSR count). The Morgan fingerprint density at radius 3 is 2.93 bits per heavy atom. The minimum atomic E-state index is -1.15. The van der Waals surface area contributed by atoms with Gasteiger partial charge in [0.15, 0.2) is 5.96 Å². The van der Waals surface area contributed by atoms with Crippen molar-refractivity contribution in [2.24, 2.45) is 22.6 Å². The zero-order chi connectivity index (χ0) is 19.2. The van der Waals surface area contributed by atoms with Crippen LogP contribution in [0.15, 0.2) is 23.2 Å². The monoisotopic (exact) mass is 375 g/mol. The number of ether oxygens (including phenoxy) is 2. The average Bonchev–Trinajstić information content (AvgIpc) is 3.50. The molecule has 1 amide bonds. The van der Waals surface area contributed by atoms with Crippen LogP contribution >= 0.6 is 0 Å². The summed E-state index contributed by atoms with van der Waals surface area (Å²) in [5.74, 6) is 0.176. The first-order valence-electron chi connectivity index (χ1n) is 9.62. The first-order chi connectivity index (χ1) is 12.9. The smallest absolute Gasteiger partial charge is 0.235 e. The van der Waals surface area contributed by atoms with Crippen molar-refractivity contribution in [3.05, 3.63) is 29.6 Å². The molecule has 146 valence electrons. The second-order valence-electron chi connectivity index (χ2n) is 7.82. The summed E-state index contributed by atoms with van der Waals surface area (Å²) < 4.78 is 26.7. The number of hydrogen-bond acceptors (Lipinski definition) is 5. The molecule has 7 heteroatoms. The quantitative estimate of drug-likeness (QED) is 0.857. The van der Waals surface area contributed by atoms with Crippen LogP contribution in [0.5, 0.6) is 5.75 Å². The minimum absolute atomic E-state index is 0.0487. The van der Waals surface area contributed by atoms with Crippen molar-refractivity contribution in [3.63, 3.8) is 0 Å². The third kappa shape index (κ3) is 3.18. The fraction of sp³-hybridized carbons (Fsp3) is 0.600. The van der Waals surface area contributed by atoms with Crippen LogP contribution in [-0.2, 0) is 15.1 Å². The van der Waals surface area contributed by atoms with Crippen molar-refractivity contribution in [2.45, 2.75) is 44.2 Å². The lowest BCUT2D eigenvalue weighted by atomic mass is 9.72. The standard InChI is InChI=1S/C20H26FN3O3/c1-3-13-8-16-18(25)24(2)19(22)23-20(16,11-27-13)15-9-14(6-7-17(15)21)26-10-12-4-5-12/h6-7,9,12-13,16H,3-5,8,10-11H2,1-2H3,(H2,22,23)/t13-,16-,20+/m0/s1. The summed E-state index contributed by atoms with van der Waals surface area (Å²) in [6.45, 7) is 2.77. The molecule has 1 saturated carbocycles. The van der Waals surface area contributed by atoms with Gasteiger partial charge in [-0.05, 0) is 49.8 Å². The number of amides is 1. The fourth-order valence-corrected chi connectivity index (χ4v) is 3.95. The predicted octanol–water partition coefficient (Wildman–Crippen LogP) is 2.41. The summed E-state index contributed by atoms with van der Waals surface area (Å²) in [6.07, 6.45) is 3.58. The Morgan fingerprint density at radius 2 is 2.22 bits per heavy atom. The SMILES string of the molecule is CC[C@H]1C[C@H]2C(=O)N(C)C(N)=N[C@@]2(c2cc(OCC3CC3)ccc2F)CO1. The number of carbonyl (C=O) groups is 1. The van der Waals surface area contributed by atoms with E-state index in [0.717, 1.165) is 6.42 Å². The highest BCUT2D eigenvalue weighted by Crippen LogP contribution is 2.46. The molecule has 0 bridgehead atoms. The van der Waals surface area contributed by atoms with Crippen LogP contribution in [0.1, 0.15) is 38.2 Å². The van der Waals surface area contributed by atoms with Crippen molar-refractivity contribution in [3.8, 4) is 5.75 Å². The molecule has 1 aromatic carbocycles. The van der Waals surface area contributed by atoms with Gasteiger partial charge in [0.1, 0.15) is 17.1 Å². The van der Waals surface area contributed by atoms with Crippen LogP contribution < -0.4 is 10.5 Å². The van der Waals surface area contributed by atoms with E-state index in [0.29, 0.717) is 30.3 Å². The largest absolute Gasteiger partial charge is 0.493 e. The van der Waals surface area contributed by atoms with E-state index >= 15 is 0 Å². The van der Waals surface area contributed by atoms with Crippen molar-refractivity contribution >= 4 is 11.9 Å². The Labute approximate surface area is 158 Å². The van der Waals surface area contributed by atoms with Crippen LogP contribution in [0.4, 0.5) is 4.39 Å². The molecular weight excluding hydrogens is 349 g/mol. The number of halogens is 1. The molecule has 1 aliphatic carbocycles. The fourth-order valence-electron chi connectivity index (χ4n) is 3.95. The maximum absolute atomic E-state index is 14.9. The number of hydrogen-bond donors (Lipinski definition) is 1. The Bertz CT molecular complexity index is 780. The maximum Gasteiger partial charge on any atom is 0.235 e. The van der Waals surface area contributed by atoms with Crippen molar-refractivity contribution in [2.75, 3.05) is 20.3 Å². The van der Waals surface area contributed by atoms with E-state index in [1.54, 1.807) is 19.2 Å². The van der Waals surface area contributed by atoms with Gasteiger partial charge in [0, 0.05) is 12.6 Å². The molecule has 3 atom stereocenters. The van der Waals surface area contributed by atoms with Gasteiger partial charge in [-0.15, -0.1) is 0 Å². The van der Waals surface area contributed by atoms with Gasteiger partial charge in [0.2, 0.25) is 5.91 Å².